The van der Waals surface area contributed by atoms with Crippen LogP contribution in [0.3, 0.4) is 0 Å². The van der Waals surface area contributed by atoms with Gasteiger partial charge in [0, 0.05) is 75.8 Å². The summed E-state index contributed by atoms with van der Waals surface area (Å²) < 4.78 is 15.6. The van der Waals surface area contributed by atoms with Gasteiger partial charge in [0.15, 0.2) is 5.78 Å². The van der Waals surface area contributed by atoms with Crippen molar-refractivity contribution < 1.29 is 19.4 Å². The Balaban J connectivity index is 1.34. The summed E-state index contributed by atoms with van der Waals surface area (Å²) >= 11 is 0. The van der Waals surface area contributed by atoms with Gasteiger partial charge in [0.25, 0.3) is 0 Å². The van der Waals surface area contributed by atoms with Crippen LogP contribution in [0, 0.1) is 11.8 Å². The van der Waals surface area contributed by atoms with Gasteiger partial charge >= 0.3 is 0 Å². The van der Waals surface area contributed by atoms with Crippen molar-refractivity contribution in [2.24, 2.45) is 11.8 Å². The van der Waals surface area contributed by atoms with Crippen LogP contribution in [0.15, 0.2) is 180 Å². The van der Waals surface area contributed by atoms with Gasteiger partial charge in [0.05, 0.1) is 19.3 Å². The molecule has 318 valence electrons. The fourth-order valence-electron chi connectivity index (χ4n) is 8.25. The highest BCUT2D eigenvalue weighted by molar-refractivity contribution is 6.40. The van der Waals surface area contributed by atoms with Crippen LogP contribution in [-0.2, 0) is 9.53 Å². The van der Waals surface area contributed by atoms with Crippen LogP contribution in [0.1, 0.15) is 84.6 Å². The molecule has 6 heteroatoms. The molecule has 7 rings (SSSR count). The second-order valence-electron chi connectivity index (χ2n) is 16.2. The number of para-hydroxylation sites is 4. The molecule has 0 saturated heterocycles. The van der Waals surface area contributed by atoms with E-state index in [2.05, 4.69) is 85.7 Å². The molecule has 0 aromatic heterocycles. The number of ether oxygens (including phenoxy) is 2. The molecule has 0 aliphatic heterocycles. The number of hydrogen-bond donors (Lipinski definition) is 0. The van der Waals surface area contributed by atoms with Crippen molar-refractivity contribution >= 4 is 45.5 Å². The van der Waals surface area contributed by atoms with Gasteiger partial charge < -0.3 is 19.5 Å². The van der Waals surface area contributed by atoms with Crippen LogP contribution in [-0.4, -0.2) is 24.7 Å². The van der Waals surface area contributed by atoms with Crippen molar-refractivity contribution in [3.05, 3.63) is 186 Å². The SMILES string of the molecule is CCCCC(CC)COC1=CC(=[N+](c2ccccc2)c2ccccc2)C=C/C1=C1/C(=O)C(c2ccc(N(c3ccccc3)c3ccccc3)cc2OCC(CC)CCCC)=C1[O-]. The van der Waals surface area contributed by atoms with Gasteiger partial charge in [-0.15, -0.1) is 0 Å². The van der Waals surface area contributed by atoms with E-state index in [-0.39, 0.29) is 22.7 Å². The van der Waals surface area contributed by atoms with Crippen LogP contribution >= 0.6 is 0 Å². The molecular formula is C56H60N2O4. The first-order valence-electron chi connectivity index (χ1n) is 22.6. The molecule has 62 heavy (non-hydrogen) atoms. The summed E-state index contributed by atoms with van der Waals surface area (Å²) in [4.78, 5) is 16.8. The lowest BCUT2D eigenvalue weighted by molar-refractivity contribution is -0.297. The fourth-order valence-corrected chi connectivity index (χ4v) is 8.25. The van der Waals surface area contributed by atoms with Crippen LogP contribution in [0.5, 0.6) is 5.75 Å². The van der Waals surface area contributed by atoms with Crippen molar-refractivity contribution in [1.29, 1.82) is 0 Å². The lowest BCUT2D eigenvalue weighted by Gasteiger charge is -2.34. The molecule has 0 saturated carbocycles. The Hall–Kier alpha value is -6.40. The van der Waals surface area contributed by atoms with Crippen molar-refractivity contribution in [3.63, 3.8) is 0 Å². The number of benzene rings is 5. The highest BCUT2D eigenvalue weighted by Crippen LogP contribution is 2.45. The maximum Gasteiger partial charge on any atom is 0.215 e. The first-order valence-corrected chi connectivity index (χ1v) is 22.6. The summed E-state index contributed by atoms with van der Waals surface area (Å²) in [5.41, 5.74) is 7.01. The summed E-state index contributed by atoms with van der Waals surface area (Å²) in [6.45, 7) is 9.78. The number of nitrogens with zero attached hydrogens (tertiary/aromatic N) is 2. The summed E-state index contributed by atoms with van der Waals surface area (Å²) in [5, 5.41) is 14.6. The molecule has 0 spiro atoms. The molecule has 2 atom stereocenters. The van der Waals surface area contributed by atoms with E-state index in [0.717, 1.165) is 85.5 Å². The number of carbonyl (C=O) groups excluding carboxylic acids is 1. The Bertz CT molecular complexity index is 2350. The Morgan fingerprint density at radius 1 is 0.597 bits per heavy atom. The largest absolute Gasteiger partial charge is 0.871 e. The number of carbonyl (C=O) groups is 1. The Kier molecular flexibility index (Phi) is 15.1. The minimum Gasteiger partial charge on any atom is -0.871 e. The Morgan fingerprint density at radius 2 is 1.11 bits per heavy atom. The molecule has 2 aliphatic rings. The molecule has 2 unspecified atom stereocenters. The van der Waals surface area contributed by atoms with Gasteiger partial charge in [-0.05, 0) is 67.2 Å². The van der Waals surface area contributed by atoms with Crippen LogP contribution < -0.4 is 19.3 Å². The number of hydrogen-bond acceptors (Lipinski definition) is 5. The summed E-state index contributed by atoms with van der Waals surface area (Å²) in [5.74, 6) is 1.15. The number of Topliss-reactive ketones (excluding diaryl/α,β-unsaturated/α-hetero) is 1. The van der Waals surface area contributed by atoms with Gasteiger partial charge in [-0.1, -0.05) is 145 Å². The Labute approximate surface area is 368 Å². The molecule has 0 radical (unpaired) electrons. The summed E-state index contributed by atoms with van der Waals surface area (Å²) in [6.07, 6.45) is 14.4. The molecular weight excluding hydrogens is 765 g/mol. The van der Waals surface area contributed by atoms with Gasteiger partial charge in [-0.3, -0.25) is 4.79 Å². The molecule has 0 heterocycles. The predicted octanol–water partition coefficient (Wildman–Crippen LogP) is 13.4. The van der Waals surface area contributed by atoms with Gasteiger partial charge in [0.2, 0.25) is 17.1 Å². The average Bonchev–Trinajstić information content (AvgIpc) is 3.32. The Morgan fingerprint density at radius 3 is 1.61 bits per heavy atom. The molecule has 0 fully saturated rings. The van der Waals surface area contributed by atoms with E-state index in [9.17, 15) is 9.90 Å². The molecule has 0 N–H and O–H groups in total. The average molecular weight is 825 g/mol. The lowest BCUT2D eigenvalue weighted by Crippen LogP contribution is -2.31. The van der Waals surface area contributed by atoms with Crippen molar-refractivity contribution in [2.75, 3.05) is 18.1 Å². The standard InChI is InChI=1S/C56H60N2O4/c1-5-9-23-41(7-3)39-61-51-37-47(57(43-25-15-11-16-26-43)44-27-17-12-18-28-44)33-35-49(51)53-55(59)54(56(53)60)50-36-34-48(38-52(50)62-40-42(8-4)24-10-6-2)58(45-29-19-13-20-30-45)46-31-21-14-22-32-46/h11-22,25-38,41-42H,5-10,23-24,39-40H2,1-4H3. The third-order valence-corrected chi connectivity index (χ3v) is 12.0. The first kappa shape index (κ1) is 43.7. The minimum atomic E-state index is -0.299. The number of unbranched alkanes of at least 4 members (excludes halogenated alkanes) is 2. The molecule has 2 aliphatic carbocycles. The second kappa shape index (κ2) is 21.4. The number of ketones is 1. The van der Waals surface area contributed by atoms with Gasteiger partial charge in [-0.2, -0.15) is 4.58 Å². The zero-order valence-electron chi connectivity index (χ0n) is 36.8. The van der Waals surface area contributed by atoms with Crippen LogP contribution in [0.25, 0.3) is 5.57 Å². The van der Waals surface area contributed by atoms with Gasteiger partial charge in [-0.25, -0.2) is 0 Å². The third-order valence-electron chi connectivity index (χ3n) is 12.0. The van der Waals surface area contributed by atoms with E-state index in [1.807, 2.05) is 109 Å². The fraction of sp³-hybridized carbons (Fsp3) is 0.286. The van der Waals surface area contributed by atoms with Crippen LogP contribution in [0.2, 0.25) is 0 Å². The molecule has 0 amide bonds. The topological polar surface area (TPSA) is 64.8 Å². The molecule has 6 nitrogen and oxygen atoms in total. The number of allylic oxidation sites excluding steroid dienone is 5. The smallest absolute Gasteiger partial charge is 0.215 e. The predicted molar refractivity (Wildman–Crippen MR) is 255 cm³/mol. The zero-order valence-corrected chi connectivity index (χ0v) is 36.8. The second-order valence-corrected chi connectivity index (χ2v) is 16.2. The maximum absolute atomic E-state index is 14.6. The van der Waals surface area contributed by atoms with Gasteiger partial charge in [0.1, 0.15) is 11.5 Å². The maximum atomic E-state index is 14.6. The lowest BCUT2D eigenvalue weighted by atomic mass is 9.79. The highest BCUT2D eigenvalue weighted by Gasteiger charge is 2.36. The van der Waals surface area contributed by atoms with E-state index in [4.69, 9.17) is 9.47 Å². The third kappa shape index (κ3) is 10.0. The highest BCUT2D eigenvalue weighted by atomic mass is 16.5. The van der Waals surface area contributed by atoms with E-state index >= 15 is 0 Å². The molecule has 5 aromatic rings. The minimum absolute atomic E-state index is 0.147. The quantitative estimate of drug-likeness (QED) is 0.0578. The van der Waals surface area contributed by atoms with Crippen LogP contribution in [0.4, 0.5) is 28.4 Å². The van der Waals surface area contributed by atoms with E-state index in [0.29, 0.717) is 47.7 Å². The number of rotatable bonds is 20. The van der Waals surface area contributed by atoms with Crippen molar-refractivity contribution in [2.45, 2.75) is 79.1 Å². The summed E-state index contributed by atoms with van der Waals surface area (Å²) in [7, 11) is 0. The summed E-state index contributed by atoms with van der Waals surface area (Å²) in [6, 6.07) is 46.6. The van der Waals surface area contributed by atoms with E-state index in [1.165, 1.54) is 0 Å². The monoisotopic (exact) mass is 824 g/mol. The molecule has 0 bridgehead atoms. The normalized spacial score (nSPS) is 15.8. The van der Waals surface area contributed by atoms with E-state index in [1.54, 1.807) is 0 Å². The zero-order chi connectivity index (χ0) is 43.3. The van der Waals surface area contributed by atoms with Crippen molar-refractivity contribution in [3.8, 4) is 5.75 Å². The molecule has 5 aromatic carbocycles. The number of anilines is 3. The van der Waals surface area contributed by atoms with Crippen molar-refractivity contribution in [1.82, 2.24) is 4.58 Å². The first-order chi connectivity index (χ1) is 30.4. The van der Waals surface area contributed by atoms with E-state index < -0.39 is 0 Å².